The Morgan fingerprint density at radius 1 is 1.12 bits per heavy atom. The Morgan fingerprint density at radius 3 is 2.53 bits per heavy atom. The second-order valence-corrected chi connectivity index (χ2v) is 10.3. The van der Waals surface area contributed by atoms with Gasteiger partial charge in [0, 0.05) is 49.8 Å². The molecule has 1 aromatic heterocycles. The molecule has 32 heavy (non-hydrogen) atoms. The standard InChI is InChI=1S/C25H34N6O/c1-24(2)17-8-10-25(24,3)21(16-17)30-22(32)20-9-11-27-23(29-20)28-18-4-6-19(7-5-18)31-14-12-26-13-15-31/h4-7,9,11,17,21,26H,8,10,12-16H2,1-3H3,(H,30,32)(H,27,28,29)/t17-,21-,25+/m1/s1. The third kappa shape index (κ3) is 3.62. The summed E-state index contributed by atoms with van der Waals surface area (Å²) in [4.78, 5) is 24.2. The van der Waals surface area contributed by atoms with E-state index in [9.17, 15) is 4.79 Å². The van der Waals surface area contributed by atoms with Crippen LogP contribution in [0.25, 0.3) is 0 Å². The molecule has 7 heteroatoms. The predicted octanol–water partition coefficient (Wildman–Crippen LogP) is 3.57. The van der Waals surface area contributed by atoms with Crippen LogP contribution in [0.3, 0.4) is 0 Å². The molecular formula is C25H34N6O. The Bertz CT molecular complexity index is 984. The molecule has 7 nitrogen and oxygen atoms in total. The largest absolute Gasteiger partial charge is 0.369 e. The maximum atomic E-state index is 13.0. The Balaban J connectivity index is 1.24. The minimum Gasteiger partial charge on any atom is -0.369 e. The minimum absolute atomic E-state index is 0.112. The summed E-state index contributed by atoms with van der Waals surface area (Å²) in [7, 11) is 0. The van der Waals surface area contributed by atoms with Crippen LogP contribution in [0.4, 0.5) is 17.3 Å². The second-order valence-electron chi connectivity index (χ2n) is 10.3. The van der Waals surface area contributed by atoms with Crippen LogP contribution in [-0.4, -0.2) is 48.1 Å². The molecule has 1 aliphatic heterocycles. The maximum Gasteiger partial charge on any atom is 0.270 e. The Morgan fingerprint density at radius 2 is 1.88 bits per heavy atom. The molecule has 3 aliphatic rings. The van der Waals surface area contributed by atoms with E-state index in [4.69, 9.17) is 0 Å². The number of rotatable bonds is 5. The molecule has 2 saturated carbocycles. The van der Waals surface area contributed by atoms with Gasteiger partial charge in [0.15, 0.2) is 0 Å². The molecule has 3 N–H and O–H groups in total. The van der Waals surface area contributed by atoms with E-state index in [1.54, 1.807) is 12.3 Å². The average molecular weight is 435 g/mol. The first-order valence-corrected chi connectivity index (χ1v) is 11.8. The highest BCUT2D eigenvalue weighted by atomic mass is 16.2. The number of hydrogen-bond donors (Lipinski definition) is 3. The van der Waals surface area contributed by atoms with E-state index in [2.05, 4.69) is 63.7 Å². The van der Waals surface area contributed by atoms with Gasteiger partial charge in [-0.3, -0.25) is 4.79 Å². The monoisotopic (exact) mass is 434 g/mol. The number of carbonyl (C=O) groups excluding carboxylic acids is 1. The van der Waals surface area contributed by atoms with Crippen molar-refractivity contribution in [3.05, 3.63) is 42.2 Å². The topological polar surface area (TPSA) is 82.2 Å². The molecule has 0 spiro atoms. The summed E-state index contributed by atoms with van der Waals surface area (Å²) in [6.45, 7) is 11.1. The lowest BCUT2D eigenvalue weighted by Gasteiger charge is -2.39. The molecule has 0 unspecified atom stereocenters. The summed E-state index contributed by atoms with van der Waals surface area (Å²) in [5.74, 6) is 1.01. The quantitative estimate of drug-likeness (QED) is 0.667. The van der Waals surface area contributed by atoms with Crippen LogP contribution in [0.2, 0.25) is 0 Å². The van der Waals surface area contributed by atoms with Gasteiger partial charge in [0.1, 0.15) is 5.69 Å². The molecule has 2 aliphatic carbocycles. The summed E-state index contributed by atoms with van der Waals surface area (Å²) in [5, 5.41) is 9.90. The number of fused-ring (bicyclic) bond motifs is 2. The molecule has 2 bridgehead atoms. The van der Waals surface area contributed by atoms with Gasteiger partial charge < -0.3 is 20.9 Å². The summed E-state index contributed by atoms with van der Waals surface area (Å²) in [6, 6.07) is 10.2. The second kappa shape index (κ2) is 8.03. The zero-order chi connectivity index (χ0) is 22.3. The normalized spacial score (nSPS) is 28.5. The summed E-state index contributed by atoms with van der Waals surface area (Å²) in [5.41, 5.74) is 2.94. The van der Waals surface area contributed by atoms with Crippen LogP contribution >= 0.6 is 0 Å². The first-order valence-electron chi connectivity index (χ1n) is 11.8. The number of nitrogens with zero attached hydrogens (tertiary/aromatic N) is 3. The predicted molar refractivity (Wildman–Crippen MR) is 127 cm³/mol. The molecule has 170 valence electrons. The van der Waals surface area contributed by atoms with Gasteiger partial charge in [-0.05, 0) is 66.3 Å². The Hall–Kier alpha value is -2.67. The van der Waals surface area contributed by atoms with Crippen molar-refractivity contribution in [3.8, 4) is 0 Å². The maximum absolute atomic E-state index is 13.0. The molecule has 0 radical (unpaired) electrons. The third-order valence-corrected chi connectivity index (χ3v) is 8.59. The van der Waals surface area contributed by atoms with Crippen molar-refractivity contribution in [3.63, 3.8) is 0 Å². The smallest absolute Gasteiger partial charge is 0.270 e. The first-order chi connectivity index (χ1) is 15.4. The number of piperazine rings is 1. The van der Waals surface area contributed by atoms with Gasteiger partial charge >= 0.3 is 0 Å². The highest BCUT2D eigenvalue weighted by molar-refractivity contribution is 5.92. The fourth-order valence-electron chi connectivity index (χ4n) is 6.01. The third-order valence-electron chi connectivity index (χ3n) is 8.59. The molecule has 3 fully saturated rings. The number of amides is 1. The van der Waals surface area contributed by atoms with Gasteiger partial charge in [-0.1, -0.05) is 20.8 Å². The van der Waals surface area contributed by atoms with Crippen molar-refractivity contribution >= 4 is 23.2 Å². The van der Waals surface area contributed by atoms with E-state index < -0.39 is 0 Å². The summed E-state index contributed by atoms with van der Waals surface area (Å²) in [6.07, 6.45) is 5.15. The number of aromatic nitrogens is 2. The average Bonchev–Trinajstić information content (AvgIpc) is 3.14. The number of carbonyl (C=O) groups is 1. The van der Waals surface area contributed by atoms with Crippen molar-refractivity contribution < 1.29 is 4.79 Å². The van der Waals surface area contributed by atoms with Crippen LogP contribution in [0.1, 0.15) is 50.5 Å². The molecule has 5 rings (SSSR count). The SMILES string of the molecule is CC1(C)[C@@H]2CC[C@@]1(C)[C@H](NC(=O)c1ccnc(Nc3ccc(N4CCNCC4)cc3)n1)C2. The van der Waals surface area contributed by atoms with Crippen LogP contribution < -0.4 is 20.9 Å². The lowest BCUT2D eigenvalue weighted by molar-refractivity contribution is 0.0821. The van der Waals surface area contributed by atoms with E-state index in [-0.39, 0.29) is 22.8 Å². The highest BCUT2D eigenvalue weighted by Crippen LogP contribution is 2.65. The summed E-state index contributed by atoms with van der Waals surface area (Å²) >= 11 is 0. The lowest BCUT2D eigenvalue weighted by Crippen LogP contribution is -2.47. The minimum atomic E-state index is -0.112. The lowest BCUT2D eigenvalue weighted by atomic mass is 9.69. The van der Waals surface area contributed by atoms with Crippen molar-refractivity contribution in [1.29, 1.82) is 0 Å². The van der Waals surface area contributed by atoms with Crippen LogP contribution in [0.5, 0.6) is 0 Å². The Kier molecular flexibility index (Phi) is 5.32. The fourth-order valence-corrected chi connectivity index (χ4v) is 6.01. The van der Waals surface area contributed by atoms with E-state index >= 15 is 0 Å². The van der Waals surface area contributed by atoms with Crippen LogP contribution in [0.15, 0.2) is 36.5 Å². The number of anilines is 3. The van der Waals surface area contributed by atoms with Gasteiger partial charge in [-0.15, -0.1) is 0 Å². The number of nitrogens with one attached hydrogen (secondary N) is 3. The number of benzene rings is 1. The van der Waals surface area contributed by atoms with E-state index in [0.717, 1.165) is 38.3 Å². The zero-order valence-corrected chi connectivity index (χ0v) is 19.3. The molecule has 2 aromatic rings. The van der Waals surface area contributed by atoms with Crippen LogP contribution in [0, 0.1) is 16.7 Å². The Labute approximate surface area is 190 Å². The number of hydrogen-bond acceptors (Lipinski definition) is 6. The van der Waals surface area contributed by atoms with E-state index in [1.807, 2.05) is 12.1 Å². The van der Waals surface area contributed by atoms with Gasteiger partial charge in [-0.2, -0.15) is 0 Å². The van der Waals surface area contributed by atoms with Crippen molar-refractivity contribution in [2.24, 2.45) is 16.7 Å². The van der Waals surface area contributed by atoms with E-state index in [0.29, 0.717) is 17.6 Å². The van der Waals surface area contributed by atoms with Gasteiger partial charge in [-0.25, -0.2) is 9.97 Å². The fraction of sp³-hybridized carbons (Fsp3) is 0.560. The van der Waals surface area contributed by atoms with E-state index in [1.165, 1.54) is 18.5 Å². The summed E-state index contributed by atoms with van der Waals surface area (Å²) < 4.78 is 0. The molecule has 1 amide bonds. The molecule has 1 saturated heterocycles. The van der Waals surface area contributed by atoms with Crippen molar-refractivity contribution in [2.75, 3.05) is 36.4 Å². The van der Waals surface area contributed by atoms with Crippen LogP contribution in [-0.2, 0) is 0 Å². The van der Waals surface area contributed by atoms with Gasteiger partial charge in [0.05, 0.1) is 0 Å². The zero-order valence-electron chi connectivity index (χ0n) is 19.3. The molecule has 2 heterocycles. The van der Waals surface area contributed by atoms with Crippen molar-refractivity contribution in [2.45, 2.75) is 46.1 Å². The molecular weight excluding hydrogens is 400 g/mol. The highest BCUT2D eigenvalue weighted by Gasteiger charge is 2.61. The van der Waals surface area contributed by atoms with Crippen molar-refractivity contribution in [1.82, 2.24) is 20.6 Å². The molecule has 3 atom stereocenters. The molecule has 1 aromatic carbocycles. The van der Waals surface area contributed by atoms with Gasteiger partial charge in [0.25, 0.3) is 5.91 Å². The first kappa shape index (κ1) is 21.2. The van der Waals surface area contributed by atoms with Gasteiger partial charge in [0.2, 0.25) is 5.95 Å².